The Bertz CT molecular complexity index is 260. The van der Waals surface area contributed by atoms with E-state index in [0.29, 0.717) is 5.41 Å². The third-order valence-electron chi connectivity index (χ3n) is 5.01. The van der Waals surface area contributed by atoms with Gasteiger partial charge in [0.1, 0.15) is 0 Å². The van der Waals surface area contributed by atoms with Crippen LogP contribution in [-0.2, 0) is 4.74 Å². The Morgan fingerprint density at radius 3 is 2.48 bits per heavy atom. The van der Waals surface area contributed by atoms with Crippen molar-refractivity contribution in [3.63, 3.8) is 0 Å². The zero-order chi connectivity index (χ0) is 15.7. The molecule has 0 aliphatic heterocycles. The highest BCUT2D eigenvalue weighted by molar-refractivity contribution is 4.89. The van der Waals surface area contributed by atoms with Crippen molar-refractivity contribution in [2.75, 3.05) is 46.4 Å². The first kappa shape index (κ1) is 18.9. The molecule has 0 saturated heterocycles. The summed E-state index contributed by atoms with van der Waals surface area (Å²) in [6.07, 6.45) is 5.54. The second-order valence-electron chi connectivity index (χ2n) is 7.57. The molecule has 1 aliphatic rings. The van der Waals surface area contributed by atoms with Crippen LogP contribution in [0.3, 0.4) is 0 Å². The molecule has 0 bridgehead atoms. The van der Waals surface area contributed by atoms with E-state index in [1.165, 1.54) is 38.8 Å². The molecular formula is C18H38N2O. The molecule has 0 aromatic carbocycles. The summed E-state index contributed by atoms with van der Waals surface area (Å²) in [5.41, 5.74) is 0.477. The van der Waals surface area contributed by atoms with Gasteiger partial charge in [0, 0.05) is 26.7 Å². The van der Waals surface area contributed by atoms with Crippen molar-refractivity contribution in [2.24, 2.45) is 17.3 Å². The number of rotatable bonds is 10. The largest absolute Gasteiger partial charge is 0.383 e. The van der Waals surface area contributed by atoms with Gasteiger partial charge in [0.2, 0.25) is 0 Å². The molecule has 1 fully saturated rings. The van der Waals surface area contributed by atoms with Gasteiger partial charge in [-0.25, -0.2) is 0 Å². The lowest BCUT2D eigenvalue weighted by atomic mass is 9.70. The molecule has 0 radical (unpaired) electrons. The number of hydrogen-bond donors (Lipinski definition) is 1. The van der Waals surface area contributed by atoms with Crippen LogP contribution in [0.4, 0.5) is 0 Å². The summed E-state index contributed by atoms with van der Waals surface area (Å²) in [7, 11) is 1.80. The maximum Gasteiger partial charge on any atom is 0.0589 e. The molecule has 0 amide bonds. The maximum atomic E-state index is 5.27. The van der Waals surface area contributed by atoms with Gasteiger partial charge < -0.3 is 15.0 Å². The predicted octanol–water partition coefficient (Wildman–Crippen LogP) is 3.40. The van der Waals surface area contributed by atoms with Crippen molar-refractivity contribution in [2.45, 2.75) is 53.4 Å². The van der Waals surface area contributed by atoms with Gasteiger partial charge in [0.05, 0.1) is 6.61 Å². The van der Waals surface area contributed by atoms with E-state index in [-0.39, 0.29) is 0 Å². The minimum Gasteiger partial charge on any atom is -0.383 e. The van der Waals surface area contributed by atoms with Crippen LogP contribution >= 0.6 is 0 Å². The van der Waals surface area contributed by atoms with Crippen LogP contribution in [0.5, 0.6) is 0 Å². The van der Waals surface area contributed by atoms with Crippen LogP contribution in [0.1, 0.15) is 53.4 Å². The van der Waals surface area contributed by atoms with Crippen LogP contribution in [0.15, 0.2) is 0 Å². The molecule has 21 heavy (non-hydrogen) atoms. The van der Waals surface area contributed by atoms with Gasteiger partial charge in [-0.15, -0.1) is 0 Å². The summed E-state index contributed by atoms with van der Waals surface area (Å²) in [5.74, 6) is 1.65. The first-order valence-corrected chi connectivity index (χ1v) is 8.93. The molecule has 1 saturated carbocycles. The lowest BCUT2D eigenvalue weighted by Gasteiger charge is -2.43. The maximum absolute atomic E-state index is 5.27. The second kappa shape index (κ2) is 9.81. The number of likely N-dealkylation sites (N-methyl/N-ethyl adjacent to an activating group) is 1. The fourth-order valence-corrected chi connectivity index (χ4v) is 3.44. The van der Waals surface area contributed by atoms with E-state index in [9.17, 15) is 0 Å². The van der Waals surface area contributed by atoms with Crippen molar-refractivity contribution >= 4 is 0 Å². The molecule has 3 nitrogen and oxygen atoms in total. The molecular weight excluding hydrogens is 260 g/mol. The van der Waals surface area contributed by atoms with Crippen molar-refractivity contribution in [3.05, 3.63) is 0 Å². The smallest absolute Gasteiger partial charge is 0.0589 e. The van der Waals surface area contributed by atoms with Crippen LogP contribution in [0.25, 0.3) is 0 Å². The Morgan fingerprint density at radius 2 is 1.95 bits per heavy atom. The molecule has 0 aromatic rings. The van der Waals surface area contributed by atoms with Gasteiger partial charge in [0.25, 0.3) is 0 Å². The lowest BCUT2D eigenvalue weighted by molar-refractivity contribution is 0.0706. The van der Waals surface area contributed by atoms with E-state index < -0.39 is 0 Å². The number of ether oxygens (including phenoxy) is 1. The Morgan fingerprint density at radius 1 is 1.29 bits per heavy atom. The minimum atomic E-state index is 0.477. The Hall–Kier alpha value is -0.120. The fraction of sp³-hybridized carbons (Fsp3) is 1.00. The minimum absolute atomic E-state index is 0.477. The monoisotopic (exact) mass is 298 g/mol. The van der Waals surface area contributed by atoms with Crippen LogP contribution in [-0.4, -0.2) is 51.3 Å². The zero-order valence-corrected chi connectivity index (χ0v) is 15.1. The number of nitrogens with zero attached hydrogens (tertiary/aromatic N) is 1. The SMILES string of the molecule is CCN(CCOC)CC1(CNCC(C)C)CCC(C)CC1. The molecule has 1 aliphatic carbocycles. The molecule has 0 aromatic heterocycles. The molecule has 1 N–H and O–H groups in total. The van der Waals surface area contributed by atoms with Gasteiger partial charge in [-0.1, -0.05) is 40.5 Å². The standard InChI is InChI=1S/C18H38N2O/c1-6-20(11-12-21-5)15-18(14-19-13-16(2)3)9-7-17(4)8-10-18/h16-17,19H,6-15H2,1-5H3. The number of methoxy groups -OCH3 is 1. The lowest BCUT2D eigenvalue weighted by Crippen LogP contribution is -2.47. The molecule has 126 valence electrons. The molecule has 1 rings (SSSR count). The molecule has 0 atom stereocenters. The van der Waals surface area contributed by atoms with E-state index in [1.807, 2.05) is 0 Å². The Balaban J connectivity index is 2.57. The van der Waals surface area contributed by atoms with Crippen molar-refractivity contribution in [1.82, 2.24) is 10.2 Å². The summed E-state index contributed by atoms with van der Waals surface area (Å²) in [5, 5.41) is 3.74. The Kier molecular flexibility index (Phi) is 8.84. The van der Waals surface area contributed by atoms with E-state index in [4.69, 9.17) is 4.74 Å². The van der Waals surface area contributed by atoms with Gasteiger partial charge in [-0.05, 0) is 43.2 Å². The molecule has 3 heteroatoms. The number of nitrogens with one attached hydrogen (secondary N) is 1. The fourth-order valence-electron chi connectivity index (χ4n) is 3.44. The van der Waals surface area contributed by atoms with Crippen molar-refractivity contribution < 1.29 is 4.74 Å². The summed E-state index contributed by atoms with van der Waals surface area (Å²) in [4.78, 5) is 2.58. The van der Waals surface area contributed by atoms with Crippen LogP contribution < -0.4 is 5.32 Å². The second-order valence-corrected chi connectivity index (χ2v) is 7.57. The molecule has 0 spiro atoms. The third kappa shape index (κ3) is 7.12. The van der Waals surface area contributed by atoms with Crippen molar-refractivity contribution in [3.8, 4) is 0 Å². The first-order chi connectivity index (χ1) is 10.0. The summed E-state index contributed by atoms with van der Waals surface area (Å²) in [6.45, 7) is 15.9. The van der Waals surface area contributed by atoms with E-state index in [2.05, 4.69) is 37.9 Å². The van der Waals surface area contributed by atoms with Gasteiger partial charge in [-0.3, -0.25) is 0 Å². The van der Waals surface area contributed by atoms with Crippen LogP contribution in [0, 0.1) is 17.3 Å². The summed E-state index contributed by atoms with van der Waals surface area (Å²) >= 11 is 0. The average Bonchev–Trinajstić information content (AvgIpc) is 2.46. The van der Waals surface area contributed by atoms with Gasteiger partial charge >= 0.3 is 0 Å². The van der Waals surface area contributed by atoms with E-state index >= 15 is 0 Å². The topological polar surface area (TPSA) is 24.5 Å². The number of hydrogen-bond acceptors (Lipinski definition) is 3. The summed E-state index contributed by atoms with van der Waals surface area (Å²) in [6, 6.07) is 0. The highest BCUT2D eigenvalue weighted by Crippen LogP contribution is 2.39. The third-order valence-corrected chi connectivity index (χ3v) is 5.01. The molecule has 0 unspecified atom stereocenters. The zero-order valence-electron chi connectivity index (χ0n) is 15.1. The Labute approximate surface area is 132 Å². The highest BCUT2D eigenvalue weighted by atomic mass is 16.5. The van der Waals surface area contributed by atoms with E-state index in [1.54, 1.807) is 7.11 Å². The quantitative estimate of drug-likeness (QED) is 0.669. The highest BCUT2D eigenvalue weighted by Gasteiger charge is 2.35. The van der Waals surface area contributed by atoms with Gasteiger partial charge in [-0.2, -0.15) is 0 Å². The van der Waals surface area contributed by atoms with Gasteiger partial charge in [0.15, 0.2) is 0 Å². The van der Waals surface area contributed by atoms with E-state index in [0.717, 1.165) is 38.1 Å². The van der Waals surface area contributed by atoms with Crippen molar-refractivity contribution in [1.29, 1.82) is 0 Å². The van der Waals surface area contributed by atoms with Crippen LogP contribution in [0.2, 0.25) is 0 Å². The normalized spacial score (nSPS) is 26.7. The summed E-state index contributed by atoms with van der Waals surface area (Å²) < 4.78 is 5.27. The predicted molar refractivity (Wildman–Crippen MR) is 91.8 cm³/mol. The average molecular weight is 299 g/mol. The first-order valence-electron chi connectivity index (χ1n) is 8.93. The molecule has 0 heterocycles.